The molecule has 1 aliphatic carbocycles. The Balaban J connectivity index is 1.82. The van der Waals surface area contributed by atoms with Crippen molar-refractivity contribution in [3.8, 4) is 6.07 Å². The number of halogens is 1. The Morgan fingerprint density at radius 3 is 2.66 bits per heavy atom. The van der Waals surface area contributed by atoms with E-state index in [1.165, 1.54) is 0 Å². The van der Waals surface area contributed by atoms with Gasteiger partial charge >= 0.3 is 0 Å². The van der Waals surface area contributed by atoms with Gasteiger partial charge in [-0.3, -0.25) is 4.98 Å². The van der Waals surface area contributed by atoms with Crippen molar-refractivity contribution in [3.05, 3.63) is 64.7 Å². The fourth-order valence-corrected chi connectivity index (χ4v) is 4.48. The molecule has 1 atom stereocenters. The Morgan fingerprint density at radius 1 is 1.29 bits per heavy atom. The van der Waals surface area contributed by atoms with Crippen molar-refractivity contribution in [2.75, 3.05) is 36.2 Å². The largest absolute Gasteiger partial charge is 0.399 e. The molecule has 0 saturated heterocycles. The zero-order valence-corrected chi connectivity index (χ0v) is 23.3. The van der Waals surface area contributed by atoms with Gasteiger partial charge in [0.05, 0.1) is 33.5 Å². The summed E-state index contributed by atoms with van der Waals surface area (Å²) < 4.78 is 0. The summed E-state index contributed by atoms with van der Waals surface area (Å²) in [5.74, 6) is 7.04. The second-order valence-corrected chi connectivity index (χ2v) is 11.5. The first kappa shape index (κ1) is 27.3. The number of hydrogen-bond donors (Lipinski definition) is 4. The lowest BCUT2D eigenvalue weighted by molar-refractivity contribution is 0.378. The lowest BCUT2D eigenvalue weighted by Gasteiger charge is -2.27. The molecule has 0 bridgehead atoms. The van der Waals surface area contributed by atoms with Gasteiger partial charge in [-0.1, -0.05) is 38.4 Å². The van der Waals surface area contributed by atoms with Gasteiger partial charge in [-0.2, -0.15) is 5.26 Å². The van der Waals surface area contributed by atoms with Crippen LogP contribution in [0.15, 0.2) is 48.6 Å². The van der Waals surface area contributed by atoms with Crippen LogP contribution in [0.5, 0.6) is 0 Å². The average molecular weight is 534 g/mol. The lowest BCUT2D eigenvalue weighted by atomic mass is 9.96. The number of benzene rings is 1. The van der Waals surface area contributed by atoms with E-state index in [0.29, 0.717) is 40.1 Å². The third kappa shape index (κ3) is 6.21. The molecule has 0 radical (unpaired) electrons. The number of nitriles is 1. The van der Waals surface area contributed by atoms with E-state index in [4.69, 9.17) is 23.2 Å². The molecule has 3 aromatic rings. The predicted octanol–water partition coefficient (Wildman–Crippen LogP) is 4.97. The fraction of sp³-hybridized carbons (Fsp3) is 0.393. The lowest BCUT2D eigenvalue weighted by Crippen LogP contribution is -2.31. The van der Waals surface area contributed by atoms with Crippen LogP contribution in [0.2, 0.25) is 5.02 Å². The van der Waals surface area contributed by atoms with E-state index < -0.39 is 6.04 Å². The van der Waals surface area contributed by atoms with Crippen LogP contribution < -0.4 is 27.1 Å². The fourth-order valence-electron chi connectivity index (χ4n) is 4.21. The van der Waals surface area contributed by atoms with E-state index in [1.807, 2.05) is 43.3 Å². The average Bonchev–Trinajstić information content (AvgIpc) is 3.71. The number of rotatable bonds is 9. The molecule has 1 saturated carbocycles. The maximum atomic E-state index is 9.80. The number of anilines is 3. The van der Waals surface area contributed by atoms with Gasteiger partial charge in [-0.15, -0.1) is 0 Å². The third-order valence-electron chi connectivity index (χ3n) is 6.30. The van der Waals surface area contributed by atoms with Gasteiger partial charge in [0.15, 0.2) is 0 Å². The molecule has 200 valence electrons. The number of fused-ring (bicyclic) bond motifs is 1. The van der Waals surface area contributed by atoms with Crippen LogP contribution in [0, 0.1) is 16.7 Å². The van der Waals surface area contributed by atoms with E-state index in [2.05, 4.69) is 47.4 Å². The molecular weight excluding hydrogens is 498 g/mol. The molecule has 0 amide bonds. The highest BCUT2D eigenvalue weighted by molar-refractivity contribution is 6.35. The highest BCUT2D eigenvalue weighted by atomic mass is 35.5. The summed E-state index contributed by atoms with van der Waals surface area (Å²) >= 11 is 6.74. The maximum Gasteiger partial charge on any atom is 0.133 e. The van der Waals surface area contributed by atoms with E-state index >= 15 is 0 Å². The summed E-state index contributed by atoms with van der Waals surface area (Å²) in [5.41, 5.74) is 10.6. The summed E-state index contributed by atoms with van der Waals surface area (Å²) in [6, 6.07) is 9.77. The summed E-state index contributed by atoms with van der Waals surface area (Å²) in [6.07, 6.45) is 7.20. The zero-order valence-electron chi connectivity index (χ0n) is 22.6. The molecule has 10 heteroatoms. The van der Waals surface area contributed by atoms with Gasteiger partial charge in [0.1, 0.15) is 11.9 Å². The normalized spacial score (nSPS) is 14.6. The van der Waals surface area contributed by atoms with Crippen LogP contribution in [0.25, 0.3) is 10.9 Å². The van der Waals surface area contributed by atoms with Gasteiger partial charge < -0.3 is 26.3 Å². The van der Waals surface area contributed by atoms with Crippen molar-refractivity contribution in [1.29, 1.82) is 5.26 Å². The highest BCUT2D eigenvalue weighted by Crippen LogP contribution is 2.37. The zero-order chi connectivity index (χ0) is 27.6. The number of pyridine rings is 2. The van der Waals surface area contributed by atoms with Crippen molar-refractivity contribution < 1.29 is 0 Å². The van der Waals surface area contributed by atoms with Gasteiger partial charge in [-0.05, 0) is 36.5 Å². The maximum absolute atomic E-state index is 9.80. The Labute approximate surface area is 229 Å². The van der Waals surface area contributed by atoms with E-state index in [9.17, 15) is 5.26 Å². The van der Waals surface area contributed by atoms with Crippen LogP contribution in [0.1, 0.15) is 50.8 Å². The Bertz CT molecular complexity index is 1380. The topological polar surface area (TPSA) is 132 Å². The molecule has 1 aromatic carbocycles. The molecule has 9 nitrogen and oxygen atoms in total. The second-order valence-electron chi connectivity index (χ2n) is 11.1. The standard InChI is InChI=1S/C28H36ClN9/c1-28(2,3)16-35-24-17(13-30)14-34-25-21(24)11-18(12-22(25)29)36-26(23(31)15-38(32)19-8-9-19)20-7-6-10-33-27(20)37(4)5/h6-7,10-12,14-15,19,26,36H,8-9,16,31-32H2,1-5H3,(H,34,35)/b23-15-. The Kier molecular flexibility index (Phi) is 7.86. The van der Waals surface area contributed by atoms with E-state index in [0.717, 1.165) is 35.3 Å². The first-order chi connectivity index (χ1) is 18.0. The third-order valence-corrected chi connectivity index (χ3v) is 6.59. The van der Waals surface area contributed by atoms with Gasteiger partial charge in [0.25, 0.3) is 0 Å². The summed E-state index contributed by atoms with van der Waals surface area (Å²) in [6.45, 7) is 7.07. The van der Waals surface area contributed by atoms with Gasteiger partial charge in [-0.25, -0.2) is 10.8 Å². The first-order valence-corrected chi connectivity index (χ1v) is 13.0. The quantitative estimate of drug-likeness (QED) is 0.222. The molecule has 0 spiro atoms. The Hall–Kier alpha value is -3.74. The van der Waals surface area contributed by atoms with Crippen LogP contribution >= 0.6 is 11.6 Å². The van der Waals surface area contributed by atoms with E-state index in [1.54, 1.807) is 23.6 Å². The number of nitrogens with zero attached hydrogens (tertiary/aromatic N) is 5. The smallest absolute Gasteiger partial charge is 0.133 e. The Morgan fingerprint density at radius 2 is 2.03 bits per heavy atom. The van der Waals surface area contributed by atoms with Crippen molar-refractivity contribution in [2.45, 2.75) is 45.7 Å². The van der Waals surface area contributed by atoms with Crippen LogP contribution in [0.4, 0.5) is 17.2 Å². The first-order valence-electron chi connectivity index (χ1n) is 12.6. The number of nitrogens with two attached hydrogens (primary N) is 2. The van der Waals surface area contributed by atoms with Crippen LogP contribution in [0.3, 0.4) is 0 Å². The van der Waals surface area contributed by atoms with Crippen molar-refractivity contribution in [2.24, 2.45) is 17.0 Å². The second kappa shape index (κ2) is 10.9. The number of aromatic nitrogens is 2. The molecule has 1 aliphatic rings. The molecule has 4 rings (SSSR count). The molecule has 2 heterocycles. The molecule has 38 heavy (non-hydrogen) atoms. The molecule has 0 aliphatic heterocycles. The minimum absolute atomic E-state index is 0.00482. The molecule has 6 N–H and O–H groups in total. The molecular formula is C28H36ClN9. The van der Waals surface area contributed by atoms with Crippen molar-refractivity contribution >= 4 is 39.7 Å². The minimum atomic E-state index is -0.447. The number of hydrogen-bond acceptors (Lipinski definition) is 9. The summed E-state index contributed by atoms with van der Waals surface area (Å²) in [4.78, 5) is 11.0. The SMILES string of the molecule is CN(C)c1ncccc1C(Nc1cc(Cl)c2ncc(C#N)c(NCC(C)(C)C)c2c1)/C(N)=C/N(N)C1CC1. The van der Waals surface area contributed by atoms with E-state index in [-0.39, 0.29) is 5.41 Å². The predicted molar refractivity (Wildman–Crippen MR) is 156 cm³/mol. The molecule has 1 fully saturated rings. The summed E-state index contributed by atoms with van der Waals surface area (Å²) in [7, 11) is 3.88. The monoisotopic (exact) mass is 533 g/mol. The number of nitrogens with one attached hydrogen (secondary N) is 2. The van der Waals surface area contributed by atoms with Gasteiger partial charge in [0, 0.05) is 61.9 Å². The van der Waals surface area contributed by atoms with Crippen LogP contribution in [-0.2, 0) is 0 Å². The van der Waals surface area contributed by atoms with Crippen molar-refractivity contribution in [1.82, 2.24) is 15.0 Å². The van der Waals surface area contributed by atoms with Crippen molar-refractivity contribution in [3.63, 3.8) is 0 Å². The molecule has 1 unspecified atom stereocenters. The molecule has 2 aromatic heterocycles. The highest BCUT2D eigenvalue weighted by Gasteiger charge is 2.27. The number of hydrazine groups is 1. The minimum Gasteiger partial charge on any atom is -0.399 e. The summed E-state index contributed by atoms with van der Waals surface area (Å²) in [5, 5.41) is 19.7. The van der Waals surface area contributed by atoms with Crippen LogP contribution in [-0.4, -0.2) is 41.7 Å². The van der Waals surface area contributed by atoms with Gasteiger partial charge in [0.2, 0.25) is 0 Å².